The van der Waals surface area contributed by atoms with Gasteiger partial charge in [-0.1, -0.05) is 29.8 Å². The van der Waals surface area contributed by atoms with Gasteiger partial charge in [0.25, 0.3) is 0 Å². The quantitative estimate of drug-likeness (QED) is 0.657. The minimum atomic E-state index is -0.352. The Morgan fingerprint density at radius 2 is 2.10 bits per heavy atom. The Morgan fingerprint density at radius 1 is 1.30 bits per heavy atom. The second-order valence-corrected chi connectivity index (χ2v) is 4.88. The molecule has 0 amide bonds. The number of nitrogens with two attached hydrogens (primary N) is 1. The molecule has 0 saturated carbocycles. The molecule has 0 fully saturated rings. The molecule has 1 unspecified atom stereocenters. The minimum Gasteiger partial charge on any atom is -0.497 e. The summed E-state index contributed by atoms with van der Waals surface area (Å²) in [6, 6.07) is 11.8. The largest absolute Gasteiger partial charge is 0.497 e. The number of hydrazine groups is 1. The van der Waals surface area contributed by atoms with Crippen molar-refractivity contribution in [2.45, 2.75) is 12.5 Å². The van der Waals surface area contributed by atoms with E-state index in [0.29, 0.717) is 22.8 Å². The molecule has 2 rings (SSSR count). The van der Waals surface area contributed by atoms with Gasteiger partial charge in [0.05, 0.1) is 13.2 Å². The zero-order chi connectivity index (χ0) is 14.5. The van der Waals surface area contributed by atoms with Gasteiger partial charge in [-0.05, 0) is 30.2 Å². The summed E-state index contributed by atoms with van der Waals surface area (Å²) < 4.78 is 19.0. The molecule has 2 aromatic carbocycles. The van der Waals surface area contributed by atoms with Crippen molar-refractivity contribution >= 4 is 11.6 Å². The molecule has 0 spiro atoms. The van der Waals surface area contributed by atoms with Crippen molar-refractivity contribution in [2.24, 2.45) is 5.84 Å². The van der Waals surface area contributed by atoms with Gasteiger partial charge in [-0.25, -0.2) is 4.39 Å². The van der Waals surface area contributed by atoms with E-state index in [1.165, 1.54) is 13.2 Å². The normalized spacial score (nSPS) is 12.2. The van der Waals surface area contributed by atoms with Gasteiger partial charge in [0, 0.05) is 16.7 Å². The van der Waals surface area contributed by atoms with Crippen molar-refractivity contribution in [2.75, 3.05) is 7.11 Å². The Bertz CT molecular complexity index is 592. The van der Waals surface area contributed by atoms with E-state index in [1.54, 1.807) is 18.2 Å². The molecule has 0 saturated heterocycles. The SMILES string of the molecule is COc1ccc(C(Cc2cccc(Cl)c2)NN)c(F)c1. The minimum absolute atomic E-state index is 0.334. The van der Waals surface area contributed by atoms with Gasteiger partial charge in [0.15, 0.2) is 0 Å². The van der Waals surface area contributed by atoms with Crippen LogP contribution in [0.25, 0.3) is 0 Å². The van der Waals surface area contributed by atoms with Crippen LogP contribution in [0.15, 0.2) is 42.5 Å². The van der Waals surface area contributed by atoms with Gasteiger partial charge in [-0.15, -0.1) is 0 Å². The number of ether oxygens (including phenoxy) is 1. The molecular formula is C15H16ClFN2O. The summed E-state index contributed by atoms with van der Waals surface area (Å²) in [6.45, 7) is 0. The first-order valence-corrected chi connectivity index (χ1v) is 6.56. The van der Waals surface area contributed by atoms with Crippen LogP contribution in [0.4, 0.5) is 4.39 Å². The third kappa shape index (κ3) is 3.48. The van der Waals surface area contributed by atoms with Crippen molar-refractivity contribution in [1.82, 2.24) is 5.43 Å². The standard InChI is InChI=1S/C15H16ClFN2O/c1-20-12-5-6-13(14(17)9-12)15(19-18)8-10-3-2-4-11(16)7-10/h2-7,9,15,19H,8,18H2,1H3. The van der Waals surface area contributed by atoms with Gasteiger partial charge < -0.3 is 4.74 Å². The molecule has 0 aliphatic rings. The Balaban J connectivity index is 2.24. The molecule has 1 atom stereocenters. The summed E-state index contributed by atoms with van der Waals surface area (Å²) in [5.41, 5.74) is 4.12. The van der Waals surface area contributed by atoms with Crippen LogP contribution >= 0.6 is 11.6 Å². The maximum absolute atomic E-state index is 14.1. The highest BCUT2D eigenvalue weighted by molar-refractivity contribution is 6.30. The van der Waals surface area contributed by atoms with Gasteiger partial charge in [-0.2, -0.15) is 0 Å². The molecule has 0 radical (unpaired) electrons. The van der Waals surface area contributed by atoms with Gasteiger partial charge in [0.1, 0.15) is 11.6 Å². The van der Waals surface area contributed by atoms with E-state index in [2.05, 4.69) is 5.43 Å². The first-order chi connectivity index (χ1) is 9.63. The summed E-state index contributed by atoms with van der Waals surface area (Å²) in [4.78, 5) is 0. The number of benzene rings is 2. The third-order valence-electron chi connectivity index (χ3n) is 3.11. The Labute approximate surface area is 122 Å². The van der Waals surface area contributed by atoms with Gasteiger partial charge in [-0.3, -0.25) is 11.3 Å². The van der Waals surface area contributed by atoms with Gasteiger partial charge in [0.2, 0.25) is 0 Å². The topological polar surface area (TPSA) is 47.3 Å². The predicted molar refractivity (Wildman–Crippen MR) is 78.2 cm³/mol. The first kappa shape index (κ1) is 14.8. The zero-order valence-electron chi connectivity index (χ0n) is 11.1. The average molecular weight is 295 g/mol. The second kappa shape index (κ2) is 6.70. The van der Waals surface area contributed by atoms with E-state index in [1.807, 2.05) is 18.2 Å². The van der Waals surface area contributed by atoms with Crippen LogP contribution in [-0.4, -0.2) is 7.11 Å². The van der Waals surface area contributed by atoms with Crippen molar-refractivity contribution < 1.29 is 9.13 Å². The molecule has 5 heteroatoms. The molecule has 0 aliphatic carbocycles. The van der Waals surface area contributed by atoms with E-state index in [9.17, 15) is 4.39 Å². The summed E-state index contributed by atoms with van der Waals surface area (Å²) in [7, 11) is 1.50. The van der Waals surface area contributed by atoms with Crippen molar-refractivity contribution in [1.29, 1.82) is 0 Å². The fourth-order valence-electron chi connectivity index (χ4n) is 2.08. The smallest absolute Gasteiger partial charge is 0.131 e. The van der Waals surface area contributed by atoms with Crippen LogP contribution in [0, 0.1) is 5.82 Å². The van der Waals surface area contributed by atoms with E-state index in [4.69, 9.17) is 22.2 Å². The number of rotatable bonds is 5. The molecule has 20 heavy (non-hydrogen) atoms. The van der Waals surface area contributed by atoms with E-state index >= 15 is 0 Å². The van der Waals surface area contributed by atoms with Crippen LogP contribution in [0.2, 0.25) is 5.02 Å². The highest BCUT2D eigenvalue weighted by Crippen LogP contribution is 2.25. The molecule has 2 aromatic rings. The monoisotopic (exact) mass is 294 g/mol. The maximum Gasteiger partial charge on any atom is 0.131 e. The lowest BCUT2D eigenvalue weighted by atomic mass is 9.99. The third-order valence-corrected chi connectivity index (χ3v) is 3.35. The number of halogens is 2. The second-order valence-electron chi connectivity index (χ2n) is 4.44. The highest BCUT2D eigenvalue weighted by Gasteiger charge is 2.16. The molecule has 106 valence electrons. The Morgan fingerprint density at radius 3 is 2.70 bits per heavy atom. The first-order valence-electron chi connectivity index (χ1n) is 6.18. The number of hydrogen-bond acceptors (Lipinski definition) is 3. The van der Waals surface area contributed by atoms with Crippen LogP contribution in [0.1, 0.15) is 17.2 Å². The molecular weight excluding hydrogens is 279 g/mol. The van der Waals surface area contributed by atoms with Crippen LogP contribution in [0.3, 0.4) is 0 Å². The zero-order valence-corrected chi connectivity index (χ0v) is 11.8. The van der Waals surface area contributed by atoms with Crippen molar-refractivity contribution in [3.63, 3.8) is 0 Å². The molecule has 3 nitrogen and oxygen atoms in total. The highest BCUT2D eigenvalue weighted by atomic mass is 35.5. The Hall–Kier alpha value is -1.62. The van der Waals surface area contributed by atoms with Crippen molar-refractivity contribution in [3.8, 4) is 5.75 Å². The lowest BCUT2D eigenvalue weighted by molar-refractivity contribution is 0.409. The van der Waals surface area contributed by atoms with Crippen LogP contribution < -0.4 is 16.0 Å². The number of methoxy groups -OCH3 is 1. The summed E-state index contributed by atoms with van der Waals surface area (Å²) in [5.74, 6) is 5.67. The van der Waals surface area contributed by atoms with Crippen LogP contribution in [0.5, 0.6) is 5.75 Å². The molecule has 0 heterocycles. The molecule has 0 aliphatic heterocycles. The van der Waals surface area contributed by atoms with E-state index in [-0.39, 0.29) is 11.9 Å². The molecule has 0 bridgehead atoms. The lowest BCUT2D eigenvalue weighted by Crippen LogP contribution is -2.30. The molecule has 3 N–H and O–H groups in total. The van der Waals surface area contributed by atoms with E-state index in [0.717, 1.165) is 5.56 Å². The summed E-state index contributed by atoms with van der Waals surface area (Å²) in [6.07, 6.45) is 0.542. The summed E-state index contributed by atoms with van der Waals surface area (Å²) >= 11 is 5.95. The number of hydrogen-bond donors (Lipinski definition) is 2. The lowest BCUT2D eigenvalue weighted by Gasteiger charge is -2.18. The van der Waals surface area contributed by atoms with Gasteiger partial charge >= 0.3 is 0 Å². The fourth-order valence-corrected chi connectivity index (χ4v) is 2.29. The summed E-state index contributed by atoms with van der Waals surface area (Å²) in [5, 5.41) is 0.647. The Kier molecular flexibility index (Phi) is 4.95. The van der Waals surface area contributed by atoms with Crippen LogP contribution in [-0.2, 0) is 6.42 Å². The maximum atomic E-state index is 14.1. The fraction of sp³-hybridized carbons (Fsp3) is 0.200. The average Bonchev–Trinajstić information content (AvgIpc) is 2.45. The molecule has 0 aromatic heterocycles. The number of nitrogens with one attached hydrogen (secondary N) is 1. The predicted octanol–water partition coefficient (Wildman–Crippen LogP) is 3.23. The van der Waals surface area contributed by atoms with E-state index < -0.39 is 0 Å². The van der Waals surface area contributed by atoms with Crippen molar-refractivity contribution in [3.05, 3.63) is 64.4 Å².